The Morgan fingerprint density at radius 3 is 1.60 bits per heavy atom. The van der Waals surface area contributed by atoms with E-state index in [-0.39, 0.29) is 46.6 Å². The number of hydrogen-bond acceptors (Lipinski definition) is 2. The first-order valence-corrected chi connectivity index (χ1v) is 0.512. The number of nitriles is 1. The van der Waals surface area contributed by atoms with Crippen molar-refractivity contribution in [1.82, 2.24) is 0 Å². The summed E-state index contributed by atoms with van der Waals surface area (Å²) >= 11 is 0. The van der Waals surface area contributed by atoms with Crippen LogP contribution in [0.15, 0.2) is 0 Å². The normalized spacial score (nSPS) is 1.40. The molecule has 1 radical (unpaired) electrons. The van der Waals surface area contributed by atoms with Crippen LogP contribution in [0, 0.1) is 11.5 Å². The van der Waals surface area contributed by atoms with Gasteiger partial charge in [0.1, 0.15) is 0 Å². The summed E-state index contributed by atoms with van der Waals surface area (Å²) in [6, 6.07) is 0. The van der Waals surface area contributed by atoms with Gasteiger partial charge >= 0.3 is 29.6 Å². The fraction of sp³-hybridized carbons (Fsp3) is 0. The molecule has 0 aliphatic rings. The monoisotopic (exact) mass is 129 g/mol. The SMILES string of the molecule is N#CN.[Cu].[NaH]. The van der Waals surface area contributed by atoms with E-state index in [1.165, 1.54) is 6.19 Å². The van der Waals surface area contributed by atoms with Crippen LogP contribution < -0.4 is 5.73 Å². The van der Waals surface area contributed by atoms with Crippen molar-refractivity contribution in [3.05, 3.63) is 0 Å². The number of nitrogens with zero attached hydrogens (tertiary/aromatic N) is 1. The molecule has 29 valence electrons. The molecule has 5 heavy (non-hydrogen) atoms. The zero-order chi connectivity index (χ0) is 2.71. The molecule has 0 bridgehead atoms. The van der Waals surface area contributed by atoms with Crippen molar-refractivity contribution >= 4 is 29.6 Å². The van der Waals surface area contributed by atoms with Crippen molar-refractivity contribution in [2.24, 2.45) is 5.73 Å². The Bertz CT molecular complexity index is 31.1. The topological polar surface area (TPSA) is 49.8 Å². The molecule has 0 atom stereocenters. The van der Waals surface area contributed by atoms with Crippen LogP contribution in [-0.4, -0.2) is 29.6 Å². The quantitative estimate of drug-likeness (QED) is 0.253. The van der Waals surface area contributed by atoms with Crippen molar-refractivity contribution in [1.29, 1.82) is 5.26 Å². The second kappa shape index (κ2) is 21.3. The summed E-state index contributed by atoms with van der Waals surface area (Å²) in [7, 11) is 0. The average Bonchev–Trinajstić information content (AvgIpc) is 0.918. The van der Waals surface area contributed by atoms with Crippen LogP contribution in [0.3, 0.4) is 0 Å². The first kappa shape index (κ1) is 17.0. The van der Waals surface area contributed by atoms with Gasteiger partial charge in [-0.05, 0) is 0 Å². The van der Waals surface area contributed by atoms with Gasteiger partial charge < -0.3 is 5.73 Å². The molecule has 0 aliphatic carbocycles. The molecule has 0 rings (SSSR count). The number of rotatable bonds is 0. The van der Waals surface area contributed by atoms with Crippen LogP contribution >= 0.6 is 0 Å². The first-order valence-electron chi connectivity index (χ1n) is 0.512. The fourth-order valence-corrected chi connectivity index (χ4v) is 0. The summed E-state index contributed by atoms with van der Waals surface area (Å²) in [5.41, 5.74) is 4.15. The Morgan fingerprint density at radius 2 is 1.60 bits per heavy atom. The van der Waals surface area contributed by atoms with Crippen LogP contribution in [0.1, 0.15) is 0 Å². The van der Waals surface area contributed by atoms with Crippen molar-refractivity contribution in [3.63, 3.8) is 0 Å². The first-order chi connectivity index (χ1) is 1.41. The molecule has 0 aromatic rings. The summed E-state index contributed by atoms with van der Waals surface area (Å²) < 4.78 is 0. The molecule has 0 saturated heterocycles. The molecule has 0 fully saturated rings. The second-order valence-electron chi connectivity index (χ2n) is 0.129. The third-order valence-electron chi connectivity index (χ3n) is 0. The molecule has 0 spiro atoms. The van der Waals surface area contributed by atoms with Gasteiger partial charge in [0.2, 0.25) is 0 Å². The van der Waals surface area contributed by atoms with Crippen molar-refractivity contribution in [2.45, 2.75) is 0 Å². The molecular formula is CH3CuN2Na. The molecule has 2 N–H and O–H groups in total. The van der Waals surface area contributed by atoms with Gasteiger partial charge in [0.25, 0.3) is 0 Å². The molecule has 0 aromatic heterocycles. The summed E-state index contributed by atoms with van der Waals surface area (Å²) in [5.74, 6) is 0. The number of nitrogens with two attached hydrogens (primary N) is 1. The van der Waals surface area contributed by atoms with E-state index in [9.17, 15) is 0 Å². The third kappa shape index (κ3) is 57.9. The molecule has 0 unspecified atom stereocenters. The van der Waals surface area contributed by atoms with Gasteiger partial charge in [0, 0.05) is 17.1 Å². The standard InChI is InChI=1S/CH2N2.Cu.Na.H/c2-1-3;;;/h2H2;;;. The maximum absolute atomic E-state index is 7.10. The van der Waals surface area contributed by atoms with E-state index < -0.39 is 0 Å². The average molecular weight is 130 g/mol. The van der Waals surface area contributed by atoms with Gasteiger partial charge in [-0.15, -0.1) is 0 Å². The Hall–Kier alpha value is 0.809. The van der Waals surface area contributed by atoms with Crippen LogP contribution in [-0.2, 0) is 17.1 Å². The van der Waals surface area contributed by atoms with E-state index >= 15 is 0 Å². The van der Waals surface area contributed by atoms with E-state index in [0.717, 1.165) is 0 Å². The van der Waals surface area contributed by atoms with Gasteiger partial charge in [0.05, 0.1) is 0 Å². The van der Waals surface area contributed by atoms with Crippen molar-refractivity contribution in [2.75, 3.05) is 0 Å². The Morgan fingerprint density at radius 1 is 1.60 bits per heavy atom. The van der Waals surface area contributed by atoms with E-state index in [4.69, 9.17) is 5.26 Å². The summed E-state index contributed by atoms with van der Waals surface area (Å²) in [4.78, 5) is 0. The Balaban J connectivity index is -0.0000000200. The molecule has 2 nitrogen and oxygen atoms in total. The van der Waals surface area contributed by atoms with Crippen LogP contribution in [0.2, 0.25) is 0 Å². The number of hydrogen-bond donors (Lipinski definition) is 1. The Labute approximate surface area is 63.5 Å². The molecule has 4 heteroatoms. The third-order valence-corrected chi connectivity index (χ3v) is 0. The van der Waals surface area contributed by atoms with Gasteiger partial charge in [-0.3, -0.25) is 0 Å². The molecule has 0 saturated carbocycles. The van der Waals surface area contributed by atoms with Crippen LogP contribution in [0.5, 0.6) is 0 Å². The summed E-state index contributed by atoms with van der Waals surface area (Å²) in [6.45, 7) is 0. The van der Waals surface area contributed by atoms with Crippen molar-refractivity contribution < 1.29 is 17.1 Å². The van der Waals surface area contributed by atoms with Crippen LogP contribution in [0.25, 0.3) is 0 Å². The zero-order valence-corrected chi connectivity index (χ0v) is 2.77. The van der Waals surface area contributed by atoms with Gasteiger partial charge in [-0.25, -0.2) is 0 Å². The predicted molar refractivity (Wildman–Crippen MR) is 16.9 cm³/mol. The zero-order valence-electron chi connectivity index (χ0n) is 1.83. The summed E-state index contributed by atoms with van der Waals surface area (Å²) in [5, 5.41) is 7.10. The molecule has 0 aliphatic heterocycles. The molecule has 0 aromatic carbocycles. The van der Waals surface area contributed by atoms with E-state index in [0.29, 0.717) is 0 Å². The molecular weight excluding hydrogens is 127 g/mol. The minimum atomic E-state index is 0. The van der Waals surface area contributed by atoms with E-state index in [1.807, 2.05) is 0 Å². The summed E-state index contributed by atoms with van der Waals surface area (Å²) in [6.07, 6.45) is 1.25. The minimum absolute atomic E-state index is 0. The predicted octanol–water partition coefficient (Wildman–Crippen LogP) is -1.22. The van der Waals surface area contributed by atoms with Crippen molar-refractivity contribution in [3.8, 4) is 6.19 Å². The van der Waals surface area contributed by atoms with Gasteiger partial charge in [-0.1, -0.05) is 0 Å². The van der Waals surface area contributed by atoms with Gasteiger partial charge in [0.15, 0.2) is 6.19 Å². The molecule has 0 heterocycles. The van der Waals surface area contributed by atoms with E-state index in [2.05, 4.69) is 5.73 Å². The Kier molecular flexibility index (Phi) is 72.6. The van der Waals surface area contributed by atoms with Gasteiger partial charge in [-0.2, -0.15) is 5.26 Å². The fourth-order valence-electron chi connectivity index (χ4n) is 0. The van der Waals surface area contributed by atoms with Crippen LogP contribution in [0.4, 0.5) is 0 Å². The molecule has 0 amide bonds. The second-order valence-corrected chi connectivity index (χ2v) is 0.129. The van der Waals surface area contributed by atoms with E-state index in [1.54, 1.807) is 0 Å². The maximum atomic E-state index is 7.10.